The average molecular weight is 226 g/mol. The van der Waals surface area contributed by atoms with Gasteiger partial charge in [-0.15, -0.1) is 0 Å². The molecule has 2 aromatic rings. The number of nitrogens with one attached hydrogen (secondary N) is 1. The summed E-state index contributed by atoms with van der Waals surface area (Å²) in [6.45, 7) is 0. The van der Waals surface area contributed by atoms with Crippen molar-refractivity contribution in [3.8, 4) is 0 Å². The lowest BCUT2D eigenvalue weighted by Gasteiger charge is -2.24. The number of anilines is 2. The van der Waals surface area contributed by atoms with Crippen LogP contribution in [0.4, 0.5) is 22.7 Å². The highest BCUT2D eigenvalue weighted by Gasteiger charge is 2.25. The summed E-state index contributed by atoms with van der Waals surface area (Å²) in [5.41, 5.74) is 18.5. The molecule has 0 spiro atoms. The second kappa shape index (κ2) is 3.50. The van der Waals surface area contributed by atoms with E-state index in [1.54, 1.807) is 0 Å². The summed E-state index contributed by atoms with van der Waals surface area (Å²) in [5, 5.41) is 0. The Morgan fingerprint density at radius 3 is 1.82 bits per heavy atom. The minimum atomic E-state index is 0.815. The number of rotatable bonds is 0. The predicted octanol–water partition coefficient (Wildman–Crippen LogP) is 1.23. The topological polar surface area (TPSA) is 56.5 Å². The second-order valence-corrected chi connectivity index (χ2v) is 4.63. The van der Waals surface area contributed by atoms with E-state index < -0.39 is 0 Å². The third-order valence-electron chi connectivity index (χ3n) is 3.46. The number of quaternary nitrogens is 1. The molecule has 0 radical (unpaired) electrons. The molecule has 0 saturated carbocycles. The molecule has 17 heavy (non-hydrogen) atoms. The van der Waals surface area contributed by atoms with Crippen LogP contribution in [0.2, 0.25) is 0 Å². The van der Waals surface area contributed by atoms with Crippen LogP contribution in [0.15, 0.2) is 36.4 Å². The van der Waals surface area contributed by atoms with E-state index in [1.165, 1.54) is 27.4 Å². The lowest BCUT2D eigenvalue weighted by Crippen LogP contribution is -2.99. The molecule has 0 atom stereocenters. The zero-order chi connectivity index (χ0) is 12.0. The van der Waals surface area contributed by atoms with Crippen molar-refractivity contribution in [2.75, 3.05) is 18.5 Å². The van der Waals surface area contributed by atoms with Gasteiger partial charge in [-0.25, -0.2) is 0 Å². The van der Waals surface area contributed by atoms with Crippen LogP contribution in [-0.2, 0) is 6.42 Å². The van der Waals surface area contributed by atoms with Crippen LogP contribution in [0.25, 0.3) is 0 Å². The summed E-state index contributed by atoms with van der Waals surface area (Å²) in [5.74, 6) is 0. The zero-order valence-corrected chi connectivity index (χ0v) is 9.83. The molecular weight excluding hydrogens is 210 g/mol. The number of hydrogen-bond donors (Lipinski definition) is 3. The maximum absolute atomic E-state index is 5.86. The van der Waals surface area contributed by atoms with Crippen molar-refractivity contribution in [2.45, 2.75) is 6.42 Å². The average Bonchev–Trinajstić information content (AvgIpc) is 2.32. The Kier molecular flexibility index (Phi) is 2.09. The van der Waals surface area contributed by atoms with Crippen molar-refractivity contribution in [2.24, 2.45) is 0 Å². The molecule has 0 saturated heterocycles. The van der Waals surface area contributed by atoms with Crippen LogP contribution in [0.3, 0.4) is 0 Å². The van der Waals surface area contributed by atoms with Crippen molar-refractivity contribution in [1.29, 1.82) is 0 Å². The van der Waals surface area contributed by atoms with Gasteiger partial charge in [-0.3, -0.25) is 4.90 Å². The molecule has 3 heteroatoms. The molecule has 86 valence electrons. The molecule has 2 aromatic carbocycles. The molecule has 1 heterocycles. The summed E-state index contributed by atoms with van der Waals surface area (Å²) >= 11 is 0. The first kappa shape index (κ1) is 10.2. The third kappa shape index (κ3) is 1.56. The van der Waals surface area contributed by atoms with E-state index in [0.29, 0.717) is 0 Å². The van der Waals surface area contributed by atoms with E-state index in [2.05, 4.69) is 31.3 Å². The smallest absolute Gasteiger partial charge is 0.141 e. The summed E-state index contributed by atoms with van der Waals surface area (Å²) in [7, 11) is 2.13. The van der Waals surface area contributed by atoms with Crippen LogP contribution >= 0.6 is 0 Å². The van der Waals surface area contributed by atoms with Crippen LogP contribution in [0.1, 0.15) is 11.1 Å². The third-order valence-corrected chi connectivity index (χ3v) is 3.46. The van der Waals surface area contributed by atoms with Gasteiger partial charge in [0, 0.05) is 41.1 Å². The predicted molar refractivity (Wildman–Crippen MR) is 70.7 cm³/mol. The molecule has 1 aliphatic rings. The number of nitrogen functional groups attached to an aromatic ring is 2. The molecule has 5 N–H and O–H groups in total. The van der Waals surface area contributed by atoms with Crippen LogP contribution in [0.5, 0.6) is 0 Å². The Labute approximate surface area is 101 Å². The number of hydrogen-bond acceptors (Lipinski definition) is 2. The van der Waals surface area contributed by atoms with Gasteiger partial charge in [0.1, 0.15) is 11.4 Å². The molecular formula is C14H16N3+. The summed E-state index contributed by atoms with van der Waals surface area (Å²) in [4.78, 5) is 1.26. The van der Waals surface area contributed by atoms with Gasteiger partial charge in [0.2, 0.25) is 0 Å². The Morgan fingerprint density at radius 2 is 1.35 bits per heavy atom. The van der Waals surface area contributed by atoms with Gasteiger partial charge >= 0.3 is 0 Å². The monoisotopic (exact) mass is 226 g/mol. The Bertz CT molecular complexity index is 539. The van der Waals surface area contributed by atoms with Crippen LogP contribution in [-0.4, -0.2) is 7.05 Å². The maximum Gasteiger partial charge on any atom is 0.141 e. The molecule has 0 bridgehead atoms. The molecule has 0 amide bonds. The first-order valence-electron chi connectivity index (χ1n) is 5.76. The number of fused-ring (bicyclic) bond motifs is 2. The quantitative estimate of drug-likeness (QED) is 0.592. The van der Waals surface area contributed by atoms with Crippen molar-refractivity contribution < 1.29 is 4.90 Å². The van der Waals surface area contributed by atoms with E-state index in [9.17, 15) is 0 Å². The SMILES string of the molecule is C[NH+]1c2cc(N)ccc2Cc2ccc(N)cc21. The first-order valence-corrected chi connectivity index (χ1v) is 5.76. The Hall–Kier alpha value is -2.00. The Morgan fingerprint density at radius 1 is 0.882 bits per heavy atom. The molecule has 3 rings (SSSR count). The highest BCUT2D eigenvalue weighted by Crippen LogP contribution is 2.29. The minimum Gasteiger partial charge on any atom is -0.399 e. The normalized spacial score (nSPS) is 14.2. The molecule has 0 unspecified atom stereocenters. The minimum absolute atomic E-state index is 0.815. The van der Waals surface area contributed by atoms with Gasteiger partial charge in [0.25, 0.3) is 0 Å². The van der Waals surface area contributed by atoms with Crippen molar-refractivity contribution in [3.63, 3.8) is 0 Å². The van der Waals surface area contributed by atoms with Gasteiger partial charge in [0.05, 0.1) is 7.05 Å². The van der Waals surface area contributed by atoms with Gasteiger partial charge in [-0.1, -0.05) is 12.1 Å². The lowest BCUT2D eigenvalue weighted by molar-refractivity contribution is -0.736. The van der Waals surface area contributed by atoms with Gasteiger partial charge in [-0.2, -0.15) is 0 Å². The maximum atomic E-state index is 5.86. The molecule has 1 aliphatic heterocycles. The highest BCUT2D eigenvalue weighted by molar-refractivity contribution is 5.62. The Balaban J connectivity index is 2.18. The fourth-order valence-corrected chi connectivity index (χ4v) is 2.54. The fraction of sp³-hybridized carbons (Fsp3) is 0.143. The molecule has 3 nitrogen and oxygen atoms in total. The van der Waals surface area contributed by atoms with Crippen LogP contribution in [0, 0.1) is 0 Å². The highest BCUT2D eigenvalue weighted by atomic mass is 15.1. The fourth-order valence-electron chi connectivity index (χ4n) is 2.54. The molecule has 0 fully saturated rings. The zero-order valence-electron chi connectivity index (χ0n) is 9.83. The standard InChI is InChI=1S/C14H15N3/c1-17-13-7-11(15)4-2-9(13)6-10-3-5-12(16)8-14(10)17/h2-5,7-8H,6,15-16H2,1H3/p+1. The van der Waals surface area contributed by atoms with E-state index in [4.69, 9.17) is 11.5 Å². The summed E-state index contributed by atoms with van der Waals surface area (Å²) in [6.07, 6.45) is 0.961. The number of nitrogens with two attached hydrogens (primary N) is 2. The van der Waals surface area contributed by atoms with Crippen LogP contribution < -0.4 is 16.4 Å². The summed E-state index contributed by atoms with van der Waals surface area (Å²) < 4.78 is 0. The first-order chi connectivity index (χ1) is 8.15. The van der Waals surface area contributed by atoms with Gasteiger partial charge in [-0.05, 0) is 12.1 Å². The van der Waals surface area contributed by atoms with E-state index >= 15 is 0 Å². The number of benzene rings is 2. The summed E-state index contributed by atoms with van der Waals surface area (Å²) in [6, 6.07) is 12.3. The van der Waals surface area contributed by atoms with Crippen molar-refractivity contribution in [3.05, 3.63) is 47.5 Å². The molecule has 0 aromatic heterocycles. The van der Waals surface area contributed by atoms with E-state index in [-0.39, 0.29) is 0 Å². The van der Waals surface area contributed by atoms with E-state index in [1.807, 2.05) is 12.1 Å². The lowest BCUT2D eigenvalue weighted by atomic mass is 9.95. The van der Waals surface area contributed by atoms with Gasteiger partial charge in [0.15, 0.2) is 0 Å². The van der Waals surface area contributed by atoms with Gasteiger partial charge < -0.3 is 11.5 Å². The second-order valence-electron chi connectivity index (χ2n) is 4.63. The van der Waals surface area contributed by atoms with E-state index in [0.717, 1.165) is 17.8 Å². The molecule has 0 aliphatic carbocycles. The largest absolute Gasteiger partial charge is 0.399 e. The van der Waals surface area contributed by atoms with Crippen molar-refractivity contribution >= 4 is 22.7 Å². The van der Waals surface area contributed by atoms with Crippen molar-refractivity contribution in [1.82, 2.24) is 0 Å².